The number of carbonyl (C=O) groups is 3. The van der Waals surface area contributed by atoms with Crippen LogP contribution in [0.2, 0.25) is 0 Å². The van der Waals surface area contributed by atoms with Crippen molar-refractivity contribution < 1.29 is 18.8 Å². The molecule has 0 spiro atoms. The van der Waals surface area contributed by atoms with Crippen molar-refractivity contribution in [3.8, 4) is 12.1 Å². The van der Waals surface area contributed by atoms with Crippen LogP contribution in [0.1, 0.15) is 49.6 Å². The molecule has 2 aliphatic rings. The number of nitrogens with zero attached hydrogens (tertiary/aromatic N) is 4. The lowest BCUT2D eigenvalue weighted by atomic mass is 10.1. The van der Waals surface area contributed by atoms with Gasteiger partial charge in [-0.05, 0) is 56.4 Å². The fourth-order valence-electron chi connectivity index (χ4n) is 4.55. The van der Waals surface area contributed by atoms with Crippen LogP contribution < -0.4 is 10.6 Å². The number of nitrogens with one attached hydrogen (secondary N) is 2. The first-order valence-electron chi connectivity index (χ1n) is 12.1. The number of likely N-dealkylation sites (tertiary alicyclic amines) is 2. The summed E-state index contributed by atoms with van der Waals surface area (Å²) in [5.74, 6) is -0.132. The molecule has 1 aromatic carbocycles. The Bertz CT molecular complexity index is 1280. The number of anilines is 1. The summed E-state index contributed by atoms with van der Waals surface area (Å²) in [5, 5.41) is 25.9. The lowest BCUT2D eigenvalue weighted by Gasteiger charge is -2.27. The smallest absolute Gasteiger partial charge is 0.245 e. The molecule has 2 aliphatic heterocycles. The maximum Gasteiger partial charge on any atom is 0.245 e. The van der Waals surface area contributed by atoms with Gasteiger partial charge in [0.05, 0.1) is 6.54 Å². The molecular formula is C26H28N6O4. The van der Waals surface area contributed by atoms with Crippen molar-refractivity contribution in [2.24, 2.45) is 0 Å². The molecule has 4 rings (SSSR count). The number of nitriles is 2. The number of benzene rings is 1. The molecule has 0 unspecified atom stereocenters. The Labute approximate surface area is 209 Å². The summed E-state index contributed by atoms with van der Waals surface area (Å²) >= 11 is 0. The first kappa shape index (κ1) is 24.8. The zero-order chi connectivity index (χ0) is 25.7. The van der Waals surface area contributed by atoms with Gasteiger partial charge in [-0.1, -0.05) is 0 Å². The van der Waals surface area contributed by atoms with Crippen LogP contribution in [0.5, 0.6) is 0 Å². The Morgan fingerprint density at radius 2 is 1.81 bits per heavy atom. The number of furan rings is 1. The first-order chi connectivity index (χ1) is 17.4. The highest BCUT2D eigenvalue weighted by atomic mass is 16.3. The number of rotatable bonds is 7. The highest BCUT2D eigenvalue weighted by Crippen LogP contribution is 2.25. The van der Waals surface area contributed by atoms with Crippen LogP contribution in [0.4, 0.5) is 5.69 Å². The third kappa shape index (κ3) is 5.49. The van der Waals surface area contributed by atoms with E-state index in [1.807, 2.05) is 12.1 Å². The van der Waals surface area contributed by atoms with E-state index in [9.17, 15) is 24.9 Å². The minimum absolute atomic E-state index is 0.0302. The Morgan fingerprint density at radius 3 is 2.50 bits per heavy atom. The number of Topliss-reactive ketones (excluding diaryl/α,β-unsaturated/α-hetero) is 1. The maximum absolute atomic E-state index is 13.4. The minimum Gasteiger partial charge on any atom is -0.453 e. The zero-order valence-electron chi connectivity index (χ0n) is 20.2. The average molecular weight is 489 g/mol. The highest BCUT2D eigenvalue weighted by Gasteiger charge is 2.31. The lowest BCUT2D eigenvalue weighted by Crippen LogP contribution is -2.49. The third-order valence-electron chi connectivity index (χ3n) is 6.49. The largest absolute Gasteiger partial charge is 0.453 e. The van der Waals surface area contributed by atoms with Crippen LogP contribution in [0.15, 0.2) is 40.1 Å². The number of carbonyl (C=O) groups excluding carboxylic acids is 3. The van der Waals surface area contributed by atoms with E-state index in [4.69, 9.17) is 4.42 Å². The molecule has 186 valence electrons. The van der Waals surface area contributed by atoms with Crippen molar-refractivity contribution in [3.63, 3.8) is 0 Å². The zero-order valence-corrected chi connectivity index (χ0v) is 20.2. The summed E-state index contributed by atoms with van der Waals surface area (Å²) in [4.78, 5) is 41.0. The van der Waals surface area contributed by atoms with Crippen LogP contribution in [0.3, 0.4) is 0 Å². The molecule has 36 heavy (non-hydrogen) atoms. The average Bonchev–Trinajstić information content (AvgIpc) is 3.52. The Hall–Kier alpha value is -4.31. The molecule has 10 nitrogen and oxygen atoms in total. The van der Waals surface area contributed by atoms with E-state index < -0.39 is 6.04 Å². The summed E-state index contributed by atoms with van der Waals surface area (Å²) in [6, 6.07) is 9.79. The maximum atomic E-state index is 13.4. The number of hydrogen-bond acceptors (Lipinski definition) is 8. The second-order valence-electron chi connectivity index (χ2n) is 9.06. The molecule has 3 heterocycles. The number of allylic oxidation sites excluding steroid dienone is 1. The fourth-order valence-corrected chi connectivity index (χ4v) is 4.55. The van der Waals surface area contributed by atoms with Gasteiger partial charge in [-0.2, -0.15) is 10.5 Å². The number of ketones is 1. The van der Waals surface area contributed by atoms with E-state index in [2.05, 4.69) is 10.6 Å². The molecule has 2 aromatic rings. The predicted molar refractivity (Wildman–Crippen MR) is 131 cm³/mol. The van der Waals surface area contributed by atoms with Gasteiger partial charge in [0.25, 0.3) is 0 Å². The van der Waals surface area contributed by atoms with Crippen LogP contribution >= 0.6 is 0 Å². The summed E-state index contributed by atoms with van der Waals surface area (Å²) in [6.45, 7) is 3.38. The van der Waals surface area contributed by atoms with Crippen LogP contribution in [-0.2, 0) is 9.59 Å². The fraction of sp³-hybridized carbons (Fsp3) is 0.423. The van der Waals surface area contributed by atoms with E-state index >= 15 is 0 Å². The SMILES string of the molecule is CC(=O)c1cc2cc(NC(N[C@H]3CCCCN(CC(=O)N4CCCC4)C3=O)=C(C#N)C#N)ccc2o1. The topological polar surface area (TPSA) is 142 Å². The Morgan fingerprint density at radius 1 is 1.08 bits per heavy atom. The van der Waals surface area contributed by atoms with Crippen molar-refractivity contribution in [3.05, 3.63) is 41.4 Å². The number of fused-ring (bicyclic) bond motifs is 1. The molecule has 2 fully saturated rings. The second kappa shape index (κ2) is 11.0. The van der Waals surface area contributed by atoms with Crippen LogP contribution in [0.25, 0.3) is 11.0 Å². The first-order valence-corrected chi connectivity index (χ1v) is 12.1. The number of hydrogen-bond donors (Lipinski definition) is 2. The van der Waals surface area contributed by atoms with Gasteiger partial charge in [0.2, 0.25) is 11.8 Å². The predicted octanol–water partition coefficient (Wildman–Crippen LogP) is 2.90. The van der Waals surface area contributed by atoms with E-state index in [0.29, 0.717) is 29.6 Å². The molecule has 2 N–H and O–H groups in total. The quantitative estimate of drug-likeness (QED) is 0.447. The normalized spacial score (nSPS) is 17.8. The van der Waals surface area contributed by atoms with Crippen LogP contribution in [0, 0.1) is 22.7 Å². The molecule has 2 saturated heterocycles. The van der Waals surface area contributed by atoms with Crippen molar-refractivity contribution >= 4 is 34.3 Å². The molecular weight excluding hydrogens is 460 g/mol. The highest BCUT2D eigenvalue weighted by molar-refractivity contribution is 5.96. The van der Waals surface area contributed by atoms with Gasteiger partial charge < -0.3 is 24.9 Å². The monoisotopic (exact) mass is 488 g/mol. The van der Waals surface area contributed by atoms with Gasteiger partial charge in [-0.15, -0.1) is 0 Å². The summed E-state index contributed by atoms with van der Waals surface area (Å²) in [7, 11) is 0. The molecule has 0 bridgehead atoms. The summed E-state index contributed by atoms with van der Waals surface area (Å²) in [5.41, 5.74) is 0.872. The molecule has 1 aromatic heterocycles. The lowest BCUT2D eigenvalue weighted by molar-refractivity contribution is -0.140. The summed E-state index contributed by atoms with van der Waals surface area (Å²) in [6.07, 6.45) is 3.99. The molecule has 0 aliphatic carbocycles. The second-order valence-corrected chi connectivity index (χ2v) is 9.06. The molecule has 0 radical (unpaired) electrons. The third-order valence-corrected chi connectivity index (χ3v) is 6.49. The Balaban J connectivity index is 1.54. The molecule has 0 saturated carbocycles. The van der Waals surface area contributed by atoms with Gasteiger partial charge in [0, 0.05) is 37.6 Å². The van der Waals surface area contributed by atoms with Crippen LogP contribution in [-0.4, -0.2) is 59.6 Å². The standard InChI is InChI=1S/C26H28N6O4/c1-17(33)23-13-18-12-20(7-8-22(18)36-23)29-25(19(14-27)15-28)30-21-6-2-3-11-32(26(21)35)16-24(34)31-9-4-5-10-31/h7-8,12-13,21,29-30H,2-6,9-11,16H2,1H3/t21-/m0/s1. The molecule has 1 atom stereocenters. The summed E-state index contributed by atoms with van der Waals surface area (Å²) < 4.78 is 5.52. The molecule has 10 heteroatoms. The van der Waals surface area contributed by atoms with Gasteiger partial charge in [-0.3, -0.25) is 14.4 Å². The van der Waals surface area contributed by atoms with Crippen molar-refractivity contribution in [2.75, 3.05) is 31.5 Å². The Kier molecular flexibility index (Phi) is 7.55. The van der Waals surface area contributed by atoms with E-state index in [1.165, 1.54) is 6.92 Å². The van der Waals surface area contributed by atoms with Crippen molar-refractivity contribution in [1.29, 1.82) is 10.5 Å². The number of amides is 2. The molecule has 2 amide bonds. The van der Waals surface area contributed by atoms with Crippen molar-refractivity contribution in [1.82, 2.24) is 15.1 Å². The van der Waals surface area contributed by atoms with E-state index in [-0.39, 0.29) is 41.3 Å². The minimum atomic E-state index is -0.694. The van der Waals surface area contributed by atoms with Gasteiger partial charge in [0.1, 0.15) is 29.6 Å². The van der Waals surface area contributed by atoms with E-state index in [0.717, 1.165) is 38.8 Å². The van der Waals surface area contributed by atoms with E-state index in [1.54, 1.807) is 34.1 Å². The van der Waals surface area contributed by atoms with Gasteiger partial charge >= 0.3 is 0 Å². The van der Waals surface area contributed by atoms with Gasteiger partial charge in [-0.25, -0.2) is 0 Å². The van der Waals surface area contributed by atoms with Crippen molar-refractivity contribution in [2.45, 2.75) is 45.1 Å². The van der Waals surface area contributed by atoms with Gasteiger partial charge in [0.15, 0.2) is 17.1 Å².